The summed E-state index contributed by atoms with van der Waals surface area (Å²) in [5.74, 6) is -2.25. The second-order valence-corrected chi connectivity index (χ2v) is 10.5. The number of aliphatic carboxylic acids is 1. The molecule has 0 radical (unpaired) electrons. The quantitative estimate of drug-likeness (QED) is 0.514. The Balaban J connectivity index is 1.73. The molecule has 3 unspecified atom stereocenters. The van der Waals surface area contributed by atoms with Gasteiger partial charge in [0.15, 0.2) is 0 Å². The van der Waals surface area contributed by atoms with Gasteiger partial charge in [0.2, 0.25) is 0 Å². The Morgan fingerprint density at radius 2 is 2.00 bits per heavy atom. The highest BCUT2D eigenvalue weighted by molar-refractivity contribution is 8.15. The molecule has 0 aliphatic carbocycles. The molecule has 3 rings (SSSR count). The number of hydrogen-bond donors (Lipinski definition) is 1. The number of allylic oxidation sites excluding steroid dienone is 3. The van der Waals surface area contributed by atoms with Crippen molar-refractivity contribution in [3.63, 3.8) is 0 Å². The van der Waals surface area contributed by atoms with Crippen molar-refractivity contribution in [3.05, 3.63) is 52.2 Å². The largest absolute Gasteiger partial charge is 0.481 e. The molecule has 2 aliphatic heterocycles. The highest BCUT2D eigenvalue weighted by Crippen LogP contribution is 2.38. The van der Waals surface area contributed by atoms with Gasteiger partial charge in [-0.15, -0.1) is 0 Å². The number of alkyl halides is 3. The third-order valence-electron chi connectivity index (χ3n) is 4.87. The summed E-state index contributed by atoms with van der Waals surface area (Å²) in [6.45, 7) is 4.83. The summed E-state index contributed by atoms with van der Waals surface area (Å²) in [6, 6.07) is 4.90. The predicted molar refractivity (Wildman–Crippen MR) is 114 cm³/mol. The zero-order valence-electron chi connectivity index (χ0n) is 16.9. The second-order valence-electron chi connectivity index (χ2n) is 7.38. The van der Waals surface area contributed by atoms with Gasteiger partial charge in [-0.1, -0.05) is 16.7 Å². The van der Waals surface area contributed by atoms with Crippen LogP contribution in [0.15, 0.2) is 46.0 Å². The van der Waals surface area contributed by atoms with Gasteiger partial charge >= 0.3 is 12.1 Å². The van der Waals surface area contributed by atoms with Gasteiger partial charge in [-0.2, -0.15) is 13.2 Å². The Bertz CT molecular complexity index is 1000. The van der Waals surface area contributed by atoms with E-state index in [2.05, 4.69) is 0 Å². The smallest absolute Gasteiger partial charge is 0.419 e. The van der Waals surface area contributed by atoms with E-state index < -0.39 is 45.2 Å². The number of carboxylic acid groups (broad SMARTS) is 1. The average Bonchev–Trinajstić information content (AvgIpc) is 2.65. The summed E-state index contributed by atoms with van der Waals surface area (Å²) in [7, 11) is -2.44. The van der Waals surface area contributed by atoms with Crippen LogP contribution >= 0.6 is 10.7 Å². The first kappa shape index (κ1) is 23.8. The molecular formula is C20H22F4N2O3S2. The third kappa shape index (κ3) is 5.71. The number of rotatable bonds is 5. The van der Waals surface area contributed by atoms with Crippen molar-refractivity contribution >= 4 is 33.0 Å². The minimum absolute atomic E-state index is 0.167. The topological polar surface area (TPSA) is 60.9 Å². The molecule has 0 saturated carbocycles. The Hall–Kier alpha value is -1.82. The van der Waals surface area contributed by atoms with Gasteiger partial charge < -0.3 is 5.11 Å². The molecule has 0 amide bonds. The van der Waals surface area contributed by atoms with Crippen molar-refractivity contribution in [1.82, 2.24) is 8.61 Å². The van der Waals surface area contributed by atoms with Crippen LogP contribution in [0.5, 0.6) is 0 Å². The summed E-state index contributed by atoms with van der Waals surface area (Å²) in [4.78, 5) is 11.5. The Morgan fingerprint density at radius 3 is 2.58 bits per heavy atom. The van der Waals surface area contributed by atoms with E-state index in [4.69, 9.17) is 5.11 Å². The molecule has 0 spiro atoms. The van der Waals surface area contributed by atoms with E-state index in [1.54, 1.807) is 29.4 Å². The van der Waals surface area contributed by atoms with Crippen LogP contribution in [0.1, 0.15) is 18.1 Å². The van der Waals surface area contributed by atoms with Crippen molar-refractivity contribution in [2.45, 2.75) is 37.4 Å². The van der Waals surface area contributed by atoms with Gasteiger partial charge in [-0.3, -0.25) is 4.79 Å². The average molecular weight is 479 g/mol. The van der Waals surface area contributed by atoms with Gasteiger partial charge in [0, 0.05) is 31.1 Å². The monoisotopic (exact) mass is 478 g/mol. The van der Waals surface area contributed by atoms with E-state index in [9.17, 15) is 26.6 Å². The first-order valence-electron chi connectivity index (χ1n) is 9.43. The third-order valence-corrected chi connectivity index (χ3v) is 8.27. The fourth-order valence-corrected chi connectivity index (χ4v) is 6.64. The number of aryl methyl sites for hydroxylation is 1. The lowest BCUT2D eigenvalue weighted by Gasteiger charge is -2.39. The molecular weight excluding hydrogens is 456 g/mol. The zero-order valence-corrected chi connectivity index (χ0v) is 18.5. The van der Waals surface area contributed by atoms with E-state index >= 15 is 0 Å². The van der Waals surface area contributed by atoms with Crippen LogP contribution in [-0.4, -0.2) is 61.1 Å². The number of hydrogen-bond acceptors (Lipinski definition) is 3. The van der Waals surface area contributed by atoms with Crippen LogP contribution in [0.2, 0.25) is 0 Å². The van der Waals surface area contributed by atoms with Crippen LogP contribution in [0.25, 0.3) is 0 Å². The van der Waals surface area contributed by atoms with Crippen molar-refractivity contribution in [3.8, 4) is 0 Å². The molecule has 0 bridgehead atoms. The van der Waals surface area contributed by atoms with E-state index in [0.717, 1.165) is 17.0 Å². The van der Waals surface area contributed by atoms with E-state index in [0.29, 0.717) is 30.1 Å². The minimum Gasteiger partial charge on any atom is -0.481 e. The SMILES string of the molecule is Cc1cc(CC(=O)O)cc(S(=O)N2CCN(S3=CC=C(C(F)(F)F)C(F)=C3)CC2C)c1. The number of carboxylic acids is 1. The summed E-state index contributed by atoms with van der Waals surface area (Å²) in [5, 5.41) is 11.4. The number of carbonyl (C=O) groups is 1. The zero-order chi connectivity index (χ0) is 22.9. The molecule has 3 atom stereocenters. The Morgan fingerprint density at radius 1 is 1.29 bits per heavy atom. The number of piperazine rings is 1. The molecule has 1 N–H and O–H groups in total. The molecule has 11 heteroatoms. The van der Waals surface area contributed by atoms with Gasteiger partial charge in [0.1, 0.15) is 16.8 Å². The number of nitrogens with zero attached hydrogens (tertiary/aromatic N) is 2. The van der Waals surface area contributed by atoms with E-state index in [1.807, 2.05) is 11.2 Å². The lowest BCUT2D eigenvalue weighted by Crippen LogP contribution is -2.50. The number of halogens is 4. The summed E-state index contributed by atoms with van der Waals surface area (Å²) in [5.41, 5.74) is 0.0912. The van der Waals surface area contributed by atoms with Crippen LogP contribution < -0.4 is 0 Å². The predicted octanol–water partition coefficient (Wildman–Crippen LogP) is 3.95. The molecule has 5 nitrogen and oxygen atoms in total. The molecule has 2 aliphatic rings. The Labute approximate surface area is 182 Å². The van der Waals surface area contributed by atoms with Gasteiger partial charge in [0.05, 0.1) is 16.9 Å². The maximum atomic E-state index is 14.0. The minimum atomic E-state index is -4.73. The summed E-state index contributed by atoms with van der Waals surface area (Å²) >= 11 is 0. The van der Waals surface area contributed by atoms with Crippen LogP contribution in [-0.2, 0) is 22.2 Å². The first-order valence-corrected chi connectivity index (χ1v) is 11.8. The van der Waals surface area contributed by atoms with Gasteiger partial charge in [0.25, 0.3) is 0 Å². The van der Waals surface area contributed by atoms with Crippen molar-refractivity contribution in [2.24, 2.45) is 0 Å². The molecule has 1 aromatic carbocycles. The van der Waals surface area contributed by atoms with Gasteiger partial charge in [-0.25, -0.2) is 17.2 Å². The molecule has 170 valence electrons. The highest BCUT2D eigenvalue weighted by Gasteiger charge is 2.38. The van der Waals surface area contributed by atoms with Gasteiger partial charge in [-0.05, 0) is 48.6 Å². The standard InChI is InChI=1S/C20H22F4N2O3S2/c1-13-7-15(10-19(27)28)9-16(8-13)31(29)26-5-4-25(11-14(26)2)30-6-3-17(18(21)12-30)20(22,23)24/h3,6-9,12,14H,4-5,10-11H2,1-2H3,(H,27,28). The fraction of sp³-hybridized carbons (Fsp3) is 0.400. The summed E-state index contributed by atoms with van der Waals surface area (Å²) < 4.78 is 69.1. The van der Waals surface area contributed by atoms with Crippen molar-refractivity contribution in [2.75, 3.05) is 19.6 Å². The molecule has 0 aromatic heterocycles. The fourth-order valence-electron chi connectivity index (χ4n) is 3.50. The lowest BCUT2D eigenvalue weighted by molar-refractivity contribution is -0.136. The first-order chi connectivity index (χ1) is 14.5. The lowest BCUT2D eigenvalue weighted by atomic mass is 10.1. The van der Waals surface area contributed by atoms with E-state index in [-0.39, 0.29) is 12.5 Å². The number of benzene rings is 1. The second kappa shape index (κ2) is 9.35. The Kier molecular flexibility index (Phi) is 7.19. The maximum Gasteiger partial charge on any atom is 0.419 e. The van der Waals surface area contributed by atoms with Crippen LogP contribution in [0, 0.1) is 6.92 Å². The molecule has 1 aromatic rings. The molecule has 2 heterocycles. The molecule has 31 heavy (non-hydrogen) atoms. The maximum absolute atomic E-state index is 14.0. The molecule has 1 saturated heterocycles. The highest BCUT2D eigenvalue weighted by atomic mass is 32.2. The van der Waals surface area contributed by atoms with Crippen LogP contribution in [0.4, 0.5) is 17.6 Å². The molecule has 1 fully saturated rings. The van der Waals surface area contributed by atoms with Crippen molar-refractivity contribution in [1.29, 1.82) is 0 Å². The van der Waals surface area contributed by atoms with E-state index in [1.165, 1.54) is 5.37 Å². The van der Waals surface area contributed by atoms with Crippen molar-refractivity contribution < 1.29 is 31.7 Å². The summed E-state index contributed by atoms with van der Waals surface area (Å²) in [6.07, 6.45) is -4.12. The normalized spacial score (nSPS) is 24.2. The van der Waals surface area contributed by atoms with Crippen LogP contribution in [0.3, 0.4) is 0 Å².